The molecule has 2 atom stereocenters. The van der Waals surface area contributed by atoms with Gasteiger partial charge in [-0.1, -0.05) is 6.42 Å². The van der Waals surface area contributed by atoms with Crippen molar-refractivity contribution in [1.29, 1.82) is 0 Å². The Labute approximate surface area is 130 Å². The Morgan fingerprint density at radius 1 is 1.38 bits per heavy atom. The summed E-state index contributed by atoms with van der Waals surface area (Å²) in [6.45, 7) is 3.62. The number of aryl methyl sites for hydroxylation is 1. The zero-order valence-corrected chi connectivity index (χ0v) is 13.8. The fourth-order valence-electron chi connectivity index (χ4n) is 3.60. The lowest BCUT2D eigenvalue weighted by atomic mass is 10.00. The second-order valence-electron chi connectivity index (χ2n) is 5.94. The van der Waals surface area contributed by atoms with E-state index < -0.39 is 10.0 Å². The Morgan fingerprint density at radius 3 is 2.95 bits per heavy atom. The number of hydrogen-bond donors (Lipinski definition) is 2. The molecule has 0 amide bonds. The van der Waals surface area contributed by atoms with E-state index in [-0.39, 0.29) is 17.5 Å². The fourth-order valence-corrected chi connectivity index (χ4v) is 6.57. The number of piperidine rings is 1. The molecule has 2 aliphatic heterocycles. The van der Waals surface area contributed by atoms with Gasteiger partial charge in [0.25, 0.3) is 0 Å². The average molecular weight is 330 g/mol. The first-order chi connectivity index (χ1) is 10.0. The zero-order valence-electron chi connectivity index (χ0n) is 12.2. The molecule has 0 spiro atoms. The molecule has 5 nitrogen and oxygen atoms in total. The van der Waals surface area contributed by atoms with Crippen molar-refractivity contribution in [2.45, 2.75) is 56.2 Å². The van der Waals surface area contributed by atoms with Gasteiger partial charge in [0, 0.05) is 18.6 Å². The highest BCUT2D eigenvalue weighted by atomic mass is 32.2. The predicted molar refractivity (Wildman–Crippen MR) is 82.9 cm³/mol. The first-order valence-electron chi connectivity index (χ1n) is 7.47. The molecule has 0 saturated carbocycles. The van der Waals surface area contributed by atoms with Gasteiger partial charge < -0.3 is 5.11 Å². The lowest BCUT2D eigenvalue weighted by Crippen LogP contribution is -2.46. The van der Waals surface area contributed by atoms with E-state index >= 15 is 0 Å². The van der Waals surface area contributed by atoms with Crippen LogP contribution in [0.4, 0.5) is 0 Å². The fraction of sp³-hybridized carbons (Fsp3) is 0.714. The summed E-state index contributed by atoms with van der Waals surface area (Å²) in [6, 6.07) is 0.339. The van der Waals surface area contributed by atoms with Gasteiger partial charge in [0.1, 0.15) is 4.90 Å². The molecule has 2 unspecified atom stereocenters. The van der Waals surface area contributed by atoms with Gasteiger partial charge in [-0.3, -0.25) is 4.90 Å². The number of hydrogen-bond acceptors (Lipinski definition) is 5. The van der Waals surface area contributed by atoms with E-state index in [1.54, 1.807) is 12.3 Å². The molecule has 0 bridgehead atoms. The van der Waals surface area contributed by atoms with Crippen LogP contribution in [0.25, 0.3) is 0 Å². The molecule has 2 aliphatic rings. The minimum atomic E-state index is -3.55. The van der Waals surface area contributed by atoms with Gasteiger partial charge in [0.15, 0.2) is 0 Å². The maximum absolute atomic E-state index is 12.7. The van der Waals surface area contributed by atoms with Crippen LogP contribution in [0.1, 0.15) is 36.1 Å². The summed E-state index contributed by atoms with van der Waals surface area (Å²) in [4.78, 5) is 3.21. The Balaban J connectivity index is 1.81. The SMILES string of the molecule is Cc1csc(CO)c1S(=O)(=O)NC1CCN2CCCCC12. The van der Waals surface area contributed by atoms with Gasteiger partial charge in [-0.25, -0.2) is 13.1 Å². The number of nitrogens with zero attached hydrogens (tertiary/aromatic N) is 1. The smallest absolute Gasteiger partial charge is 0.242 e. The maximum Gasteiger partial charge on any atom is 0.242 e. The number of fused-ring (bicyclic) bond motifs is 1. The number of aliphatic hydroxyl groups excluding tert-OH is 1. The van der Waals surface area contributed by atoms with E-state index in [1.807, 2.05) is 0 Å². The zero-order chi connectivity index (χ0) is 15.0. The quantitative estimate of drug-likeness (QED) is 0.877. The molecule has 2 fully saturated rings. The molecule has 3 heterocycles. The summed E-state index contributed by atoms with van der Waals surface area (Å²) in [5.74, 6) is 0. The van der Waals surface area contributed by atoms with Crippen molar-refractivity contribution in [1.82, 2.24) is 9.62 Å². The van der Waals surface area contributed by atoms with Crippen LogP contribution in [0.5, 0.6) is 0 Å². The standard InChI is InChI=1S/C14H22N2O3S2/c1-10-9-20-13(8-17)14(10)21(18,19)15-11-5-7-16-6-3-2-4-12(11)16/h9,11-12,15,17H,2-8H2,1H3. The highest BCUT2D eigenvalue weighted by molar-refractivity contribution is 7.89. The van der Waals surface area contributed by atoms with Crippen LogP contribution < -0.4 is 4.72 Å². The summed E-state index contributed by atoms with van der Waals surface area (Å²) < 4.78 is 28.3. The van der Waals surface area contributed by atoms with E-state index in [2.05, 4.69) is 9.62 Å². The van der Waals surface area contributed by atoms with E-state index in [9.17, 15) is 13.5 Å². The first-order valence-corrected chi connectivity index (χ1v) is 9.83. The van der Waals surface area contributed by atoms with Crippen LogP contribution in [0.15, 0.2) is 10.3 Å². The summed E-state index contributed by atoms with van der Waals surface area (Å²) in [6.07, 6.45) is 4.34. The van der Waals surface area contributed by atoms with Gasteiger partial charge >= 0.3 is 0 Å². The third-order valence-electron chi connectivity index (χ3n) is 4.56. The molecule has 1 aromatic heterocycles. The topological polar surface area (TPSA) is 69.6 Å². The van der Waals surface area contributed by atoms with Crippen molar-refractivity contribution in [3.63, 3.8) is 0 Å². The van der Waals surface area contributed by atoms with Crippen LogP contribution in [0.3, 0.4) is 0 Å². The molecule has 21 heavy (non-hydrogen) atoms. The normalized spacial score (nSPS) is 27.0. The summed E-state index contributed by atoms with van der Waals surface area (Å²) in [7, 11) is -3.55. The van der Waals surface area contributed by atoms with Crippen LogP contribution in [0, 0.1) is 6.92 Å². The van der Waals surface area contributed by atoms with Crippen molar-refractivity contribution in [2.24, 2.45) is 0 Å². The lowest BCUT2D eigenvalue weighted by Gasteiger charge is -2.32. The second kappa shape index (κ2) is 5.96. The minimum Gasteiger partial charge on any atom is -0.391 e. The first kappa shape index (κ1) is 15.4. The van der Waals surface area contributed by atoms with Crippen molar-refractivity contribution >= 4 is 21.4 Å². The van der Waals surface area contributed by atoms with Crippen molar-refractivity contribution in [2.75, 3.05) is 13.1 Å². The van der Waals surface area contributed by atoms with Crippen molar-refractivity contribution < 1.29 is 13.5 Å². The number of nitrogens with one attached hydrogen (secondary N) is 1. The van der Waals surface area contributed by atoms with Gasteiger partial charge in [0.05, 0.1) is 11.5 Å². The van der Waals surface area contributed by atoms with E-state index in [4.69, 9.17) is 0 Å². The maximum atomic E-state index is 12.7. The molecule has 2 saturated heterocycles. The largest absolute Gasteiger partial charge is 0.391 e. The number of thiophene rings is 1. The van der Waals surface area contributed by atoms with E-state index in [0.717, 1.165) is 31.5 Å². The molecule has 1 aromatic rings. The molecular formula is C14H22N2O3S2. The summed E-state index contributed by atoms with van der Waals surface area (Å²) >= 11 is 1.30. The number of rotatable bonds is 4. The minimum absolute atomic E-state index is 0.00106. The highest BCUT2D eigenvalue weighted by Crippen LogP contribution is 2.31. The molecule has 0 aromatic carbocycles. The highest BCUT2D eigenvalue weighted by Gasteiger charge is 2.38. The van der Waals surface area contributed by atoms with Crippen molar-refractivity contribution in [3.8, 4) is 0 Å². The van der Waals surface area contributed by atoms with E-state index in [1.165, 1.54) is 24.2 Å². The third-order valence-corrected chi connectivity index (χ3v) is 7.50. The predicted octanol–water partition coefficient (Wildman–Crippen LogP) is 1.45. The molecule has 0 radical (unpaired) electrons. The molecule has 0 aliphatic carbocycles. The Kier molecular flexibility index (Phi) is 4.38. The molecular weight excluding hydrogens is 308 g/mol. The Morgan fingerprint density at radius 2 is 2.19 bits per heavy atom. The Hall–Kier alpha value is -0.470. The summed E-state index contributed by atoms with van der Waals surface area (Å²) in [5, 5.41) is 11.1. The van der Waals surface area contributed by atoms with Gasteiger partial charge in [-0.15, -0.1) is 11.3 Å². The van der Waals surface area contributed by atoms with Crippen LogP contribution in [-0.4, -0.2) is 43.6 Å². The van der Waals surface area contributed by atoms with Crippen LogP contribution in [-0.2, 0) is 16.6 Å². The van der Waals surface area contributed by atoms with Crippen LogP contribution >= 0.6 is 11.3 Å². The third kappa shape index (κ3) is 2.90. The van der Waals surface area contributed by atoms with Gasteiger partial charge in [-0.05, 0) is 43.7 Å². The number of aliphatic hydroxyl groups is 1. The Bertz CT molecular complexity index is 612. The summed E-state index contributed by atoms with van der Waals surface area (Å²) in [5.41, 5.74) is 0.718. The molecule has 118 valence electrons. The molecule has 7 heteroatoms. The molecule has 3 rings (SSSR count). The second-order valence-corrected chi connectivity index (χ2v) is 8.56. The monoisotopic (exact) mass is 330 g/mol. The average Bonchev–Trinajstić information content (AvgIpc) is 3.03. The van der Waals surface area contributed by atoms with Gasteiger partial charge in [0.2, 0.25) is 10.0 Å². The lowest BCUT2D eigenvalue weighted by molar-refractivity contribution is 0.186. The van der Waals surface area contributed by atoms with Gasteiger partial charge in [-0.2, -0.15) is 0 Å². The number of sulfonamides is 1. The van der Waals surface area contributed by atoms with E-state index in [0.29, 0.717) is 10.9 Å². The van der Waals surface area contributed by atoms with Crippen LogP contribution in [0.2, 0.25) is 0 Å². The van der Waals surface area contributed by atoms with Crippen molar-refractivity contribution in [3.05, 3.63) is 15.8 Å². The molecule has 2 N–H and O–H groups in total.